The van der Waals surface area contributed by atoms with Gasteiger partial charge >= 0.3 is 0 Å². The molecule has 14 heavy (non-hydrogen) atoms. The van der Waals surface area contributed by atoms with Gasteiger partial charge in [0.25, 0.3) is 0 Å². The van der Waals surface area contributed by atoms with Crippen LogP contribution in [0.15, 0.2) is 28.9 Å². The van der Waals surface area contributed by atoms with E-state index in [0.29, 0.717) is 5.92 Å². The number of hydrogen-bond acceptors (Lipinski definition) is 3. The van der Waals surface area contributed by atoms with Gasteiger partial charge in [-0.2, -0.15) is 0 Å². The van der Waals surface area contributed by atoms with Crippen LogP contribution < -0.4 is 10.6 Å². The highest BCUT2D eigenvalue weighted by molar-refractivity contribution is 8.14. The first-order valence-electron chi connectivity index (χ1n) is 4.49. The number of thioether (sulfide) groups is 1. The van der Waals surface area contributed by atoms with Gasteiger partial charge in [-0.25, -0.2) is 0 Å². The van der Waals surface area contributed by atoms with Gasteiger partial charge in [0.05, 0.1) is 6.26 Å². The quantitative estimate of drug-likeness (QED) is 0.622. The van der Waals surface area contributed by atoms with Gasteiger partial charge in [-0.1, -0.05) is 23.9 Å². The van der Waals surface area contributed by atoms with Crippen LogP contribution in [-0.2, 0) is 4.79 Å². The largest absolute Gasteiger partial charge is 0.465 e. The van der Waals surface area contributed by atoms with Crippen LogP contribution >= 0.6 is 11.8 Å². The molecule has 2 nitrogen and oxygen atoms in total. The lowest BCUT2D eigenvalue weighted by Gasteiger charge is -2.21. The number of rotatable bonds is 0. The molecule has 2 atom stereocenters. The Balaban J connectivity index is 2.18. The number of carbonyl (C=O) groups excluding carboxylic acids is 1. The summed E-state index contributed by atoms with van der Waals surface area (Å²) in [5.41, 5.74) is 0.891. The Bertz CT molecular complexity index is 524. The van der Waals surface area contributed by atoms with Crippen LogP contribution in [0.1, 0.15) is 0 Å². The van der Waals surface area contributed by atoms with E-state index >= 15 is 0 Å². The Kier molecular flexibility index (Phi) is 1.67. The molecule has 1 aromatic rings. The van der Waals surface area contributed by atoms with Crippen LogP contribution in [0.2, 0.25) is 0 Å². The summed E-state index contributed by atoms with van der Waals surface area (Å²) in [7, 11) is 0. The maximum atomic E-state index is 11.2. The van der Waals surface area contributed by atoms with E-state index in [9.17, 15) is 4.79 Å². The summed E-state index contributed by atoms with van der Waals surface area (Å²) < 4.78 is 5.30. The molecule has 1 aliphatic carbocycles. The molecule has 3 rings (SSSR count). The minimum atomic E-state index is 0.130. The molecule has 0 N–H and O–H groups in total. The van der Waals surface area contributed by atoms with Crippen LogP contribution in [0.3, 0.4) is 0 Å². The Morgan fingerprint density at radius 3 is 3.21 bits per heavy atom. The standard InChI is InChI=1S/C11H8O2S/c12-11-2-1-8-5-7-3-4-13-9(7)6-10(8)14-11/h1-6,8,10H. The van der Waals surface area contributed by atoms with Crippen molar-refractivity contribution in [3.05, 3.63) is 35.1 Å². The fourth-order valence-corrected chi connectivity index (χ4v) is 2.75. The van der Waals surface area contributed by atoms with Crippen LogP contribution in [0.25, 0.3) is 12.2 Å². The van der Waals surface area contributed by atoms with Crippen LogP contribution in [0.4, 0.5) is 0 Å². The topological polar surface area (TPSA) is 30.2 Å². The summed E-state index contributed by atoms with van der Waals surface area (Å²) in [6.07, 6.45) is 9.49. The predicted molar refractivity (Wildman–Crippen MR) is 55.9 cm³/mol. The van der Waals surface area contributed by atoms with Crippen molar-refractivity contribution >= 4 is 29.0 Å². The summed E-state index contributed by atoms with van der Waals surface area (Å²) in [4.78, 5) is 11.2. The molecule has 2 aliphatic rings. The lowest BCUT2D eigenvalue weighted by atomic mass is 9.99. The van der Waals surface area contributed by atoms with Gasteiger partial charge in [0.1, 0.15) is 5.42 Å². The van der Waals surface area contributed by atoms with Gasteiger partial charge in [0.15, 0.2) is 0 Å². The monoisotopic (exact) mass is 204 g/mol. The first-order chi connectivity index (χ1) is 6.83. The molecular formula is C11H8O2S. The molecular weight excluding hydrogens is 196 g/mol. The highest BCUT2D eigenvalue weighted by Gasteiger charge is 2.25. The Morgan fingerprint density at radius 1 is 1.36 bits per heavy atom. The van der Waals surface area contributed by atoms with Crippen molar-refractivity contribution < 1.29 is 9.21 Å². The Morgan fingerprint density at radius 2 is 2.29 bits per heavy atom. The van der Waals surface area contributed by atoms with Gasteiger partial charge in [-0.3, -0.25) is 4.79 Å². The Labute approximate surface area is 85.0 Å². The van der Waals surface area contributed by atoms with E-state index < -0.39 is 0 Å². The van der Waals surface area contributed by atoms with E-state index in [-0.39, 0.29) is 10.4 Å². The van der Waals surface area contributed by atoms with E-state index in [0.717, 1.165) is 10.6 Å². The van der Waals surface area contributed by atoms with Crippen molar-refractivity contribution in [2.24, 2.45) is 5.92 Å². The first kappa shape index (κ1) is 8.12. The van der Waals surface area contributed by atoms with Gasteiger partial charge in [0.2, 0.25) is 5.12 Å². The minimum Gasteiger partial charge on any atom is -0.465 e. The molecule has 0 spiro atoms. The fraction of sp³-hybridized carbons (Fsp3) is 0.182. The maximum absolute atomic E-state index is 11.2. The van der Waals surface area contributed by atoms with Crippen LogP contribution in [-0.4, -0.2) is 10.4 Å². The molecule has 0 bridgehead atoms. The zero-order valence-electron chi connectivity index (χ0n) is 7.34. The third-order valence-electron chi connectivity index (χ3n) is 2.50. The summed E-state index contributed by atoms with van der Waals surface area (Å²) in [5, 5.41) is 1.47. The fourth-order valence-electron chi connectivity index (χ4n) is 1.81. The average molecular weight is 204 g/mol. The number of furan rings is 1. The van der Waals surface area contributed by atoms with Gasteiger partial charge < -0.3 is 4.42 Å². The molecule has 0 amide bonds. The highest BCUT2D eigenvalue weighted by Crippen LogP contribution is 2.30. The molecule has 0 saturated carbocycles. The lowest BCUT2D eigenvalue weighted by Crippen LogP contribution is -2.32. The first-order valence-corrected chi connectivity index (χ1v) is 5.37. The normalized spacial score (nSPS) is 28.7. The van der Waals surface area contributed by atoms with Gasteiger partial charge in [0, 0.05) is 16.4 Å². The molecule has 2 unspecified atom stereocenters. The number of fused-ring (bicyclic) bond motifs is 2. The molecule has 2 heterocycles. The van der Waals surface area contributed by atoms with Crippen LogP contribution in [0.5, 0.6) is 0 Å². The van der Waals surface area contributed by atoms with Gasteiger partial charge in [-0.15, -0.1) is 0 Å². The molecule has 0 radical (unpaired) electrons. The van der Waals surface area contributed by atoms with Crippen LogP contribution in [0, 0.1) is 5.92 Å². The lowest BCUT2D eigenvalue weighted by molar-refractivity contribution is -0.107. The number of allylic oxidation sites excluding steroid dienone is 1. The zero-order chi connectivity index (χ0) is 9.54. The van der Waals surface area contributed by atoms with Crippen molar-refractivity contribution in [3.8, 4) is 0 Å². The van der Waals surface area contributed by atoms with E-state index in [1.165, 1.54) is 11.8 Å². The SMILES string of the molecule is O=C1C=CC2C=c3ccoc3=CC2S1. The van der Waals surface area contributed by atoms with Crippen molar-refractivity contribution in [2.45, 2.75) is 5.25 Å². The third-order valence-corrected chi connectivity index (χ3v) is 3.59. The van der Waals surface area contributed by atoms with Gasteiger partial charge in [-0.05, 0) is 18.2 Å². The molecule has 1 aromatic heterocycles. The molecule has 0 aromatic carbocycles. The Hall–Kier alpha value is -1.22. The minimum absolute atomic E-state index is 0.130. The summed E-state index contributed by atoms with van der Waals surface area (Å²) in [6, 6.07) is 1.96. The van der Waals surface area contributed by atoms with Crippen molar-refractivity contribution in [2.75, 3.05) is 0 Å². The maximum Gasteiger partial charge on any atom is 0.212 e. The smallest absolute Gasteiger partial charge is 0.212 e. The molecule has 3 heteroatoms. The van der Waals surface area contributed by atoms with Crippen molar-refractivity contribution in [3.63, 3.8) is 0 Å². The second kappa shape index (κ2) is 2.89. The number of carbonyl (C=O) groups is 1. The summed E-state index contributed by atoms with van der Waals surface area (Å²) >= 11 is 1.36. The second-order valence-corrected chi connectivity index (χ2v) is 4.59. The van der Waals surface area contributed by atoms with Crippen molar-refractivity contribution in [1.82, 2.24) is 0 Å². The molecule has 0 saturated heterocycles. The number of hydrogen-bond donors (Lipinski definition) is 0. The zero-order valence-corrected chi connectivity index (χ0v) is 8.16. The summed E-state index contributed by atoms with van der Waals surface area (Å²) in [6.45, 7) is 0. The van der Waals surface area contributed by atoms with E-state index in [1.807, 2.05) is 18.2 Å². The molecule has 1 aliphatic heterocycles. The average Bonchev–Trinajstić information content (AvgIpc) is 2.61. The van der Waals surface area contributed by atoms with E-state index in [1.54, 1.807) is 12.3 Å². The van der Waals surface area contributed by atoms with E-state index in [4.69, 9.17) is 4.42 Å². The molecule has 70 valence electrons. The molecule has 0 fully saturated rings. The van der Waals surface area contributed by atoms with Crippen molar-refractivity contribution in [1.29, 1.82) is 0 Å². The predicted octanol–water partition coefficient (Wildman–Crippen LogP) is 0.669. The second-order valence-electron chi connectivity index (χ2n) is 3.41. The summed E-state index contributed by atoms with van der Waals surface area (Å²) in [5.74, 6) is 0.336. The van der Waals surface area contributed by atoms with E-state index in [2.05, 4.69) is 6.08 Å². The highest BCUT2D eigenvalue weighted by atomic mass is 32.2. The third kappa shape index (κ3) is 1.16.